The number of hydrogen-bond acceptors (Lipinski definition) is 4. The lowest BCUT2D eigenvalue weighted by Crippen LogP contribution is -2.36. The molecule has 0 radical (unpaired) electrons. The molecular weight excluding hydrogens is 482 g/mol. The molecule has 0 saturated carbocycles. The van der Waals surface area contributed by atoms with E-state index in [0.717, 1.165) is 13.8 Å². The monoisotopic (exact) mass is 492 g/mol. The minimum Gasteiger partial charge on any atom is -0.460 e. The van der Waals surface area contributed by atoms with Gasteiger partial charge in [-0.25, -0.2) is 43.9 Å². The second kappa shape index (κ2) is 9.27. The van der Waals surface area contributed by atoms with Gasteiger partial charge in [-0.1, -0.05) is 0 Å². The van der Waals surface area contributed by atoms with Crippen molar-refractivity contribution in [1.82, 2.24) is 0 Å². The van der Waals surface area contributed by atoms with Crippen molar-refractivity contribution < 1.29 is 63.0 Å². The highest BCUT2D eigenvalue weighted by atomic mass is 19.2. The summed E-state index contributed by atoms with van der Waals surface area (Å²) in [6.07, 6.45) is 0. The number of esters is 2. The van der Waals surface area contributed by atoms with E-state index in [0.29, 0.717) is 0 Å². The molecule has 0 aliphatic heterocycles. The van der Waals surface area contributed by atoms with Gasteiger partial charge >= 0.3 is 11.9 Å². The van der Waals surface area contributed by atoms with Crippen molar-refractivity contribution in [2.75, 3.05) is 0 Å². The number of halogens is 10. The van der Waals surface area contributed by atoms with Gasteiger partial charge in [-0.15, -0.1) is 0 Å². The zero-order chi connectivity index (χ0) is 25.4. The topological polar surface area (TPSA) is 52.6 Å². The summed E-state index contributed by atoms with van der Waals surface area (Å²) in [5.41, 5.74) is -5.48. The largest absolute Gasteiger partial charge is 0.460 e. The lowest BCUT2D eigenvalue weighted by Gasteiger charge is -2.21. The Morgan fingerprint density at radius 2 is 0.727 bits per heavy atom. The number of carbonyl (C=O) groups is 2. The molecule has 0 amide bonds. The predicted molar refractivity (Wildman–Crippen MR) is 85.8 cm³/mol. The molecule has 14 heteroatoms. The van der Waals surface area contributed by atoms with Crippen molar-refractivity contribution in [3.63, 3.8) is 0 Å². The third-order valence-electron chi connectivity index (χ3n) is 4.32. The summed E-state index contributed by atoms with van der Waals surface area (Å²) >= 11 is 0. The number of rotatable bonds is 6. The second-order valence-corrected chi connectivity index (χ2v) is 6.87. The lowest BCUT2D eigenvalue weighted by atomic mass is 9.94. The van der Waals surface area contributed by atoms with Crippen LogP contribution in [-0.2, 0) is 32.3 Å². The summed E-state index contributed by atoms with van der Waals surface area (Å²) in [6.45, 7) is -1.48. The molecule has 33 heavy (non-hydrogen) atoms. The van der Waals surface area contributed by atoms with Gasteiger partial charge in [0.05, 0.1) is 11.1 Å². The van der Waals surface area contributed by atoms with Crippen LogP contribution in [0.3, 0.4) is 0 Å². The van der Waals surface area contributed by atoms with Gasteiger partial charge in [0.2, 0.25) is 11.6 Å². The maximum absolute atomic E-state index is 13.6. The molecule has 0 heterocycles. The molecule has 2 aromatic carbocycles. The number of carbonyl (C=O) groups excluding carboxylic acids is 2. The summed E-state index contributed by atoms with van der Waals surface area (Å²) in [7, 11) is 0. The Bertz CT molecular complexity index is 1000. The van der Waals surface area contributed by atoms with Crippen LogP contribution in [0.4, 0.5) is 43.9 Å². The van der Waals surface area contributed by atoms with Gasteiger partial charge in [-0.3, -0.25) is 9.59 Å². The zero-order valence-electron chi connectivity index (χ0n) is 16.3. The molecule has 2 rings (SSSR count). The van der Waals surface area contributed by atoms with Crippen LogP contribution in [0.2, 0.25) is 0 Å². The van der Waals surface area contributed by atoms with Gasteiger partial charge in [0, 0.05) is 0 Å². The quantitative estimate of drug-likeness (QED) is 0.190. The Morgan fingerprint density at radius 1 is 0.515 bits per heavy atom. The normalized spacial score (nSPS) is 11.5. The molecule has 0 aromatic heterocycles. The maximum Gasteiger partial charge on any atom is 0.323 e. The smallest absolute Gasteiger partial charge is 0.323 e. The minimum absolute atomic E-state index is 0.773. The van der Waals surface area contributed by atoms with Crippen LogP contribution in [0.5, 0.6) is 0 Å². The Labute approximate surface area is 177 Å². The number of hydrogen-bond donors (Lipinski definition) is 0. The van der Waals surface area contributed by atoms with Gasteiger partial charge in [0.25, 0.3) is 0 Å². The summed E-state index contributed by atoms with van der Waals surface area (Å²) in [4.78, 5) is 24.2. The van der Waals surface area contributed by atoms with Crippen molar-refractivity contribution >= 4 is 11.9 Å². The molecule has 4 nitrogen and oxygen atoms in total. The molecule has 0 atom stereocenters. The van der Waals surface area contributed by atoms with Gasteiger partial charge in [0.15, 0.2) is 52.0 Å². The van der Waals surface area contributed by atoms with Crippen LogP contribution < -0.4 is 0 Å². The van der Waals surface area contributed by atoms with E-state index in [2.05, 4.69) is 9.47 Å². The minimum atomic E-state index is -2.46. The summed E-state index contributed by atoms with van der Waals surface area (Å²) < 4.78 is 142. The maximum atomic E-state index is 13.6. The van der Waals surface area contributed by atoms with Gasteiger partial charge in [-0.05, 0) is 13.8 Å². The van der Waals surface area contributed by atoms with Crippen LogP contribution in [0.15, 0.2) is 0 Å². The molecular formula is C19H10F10O4. The van der Waals surface area contributed by atoms with Crippen LogP contribution >= 0.6 is 0 Å². The standard InChI is InChI=1S/C19H10F10O4/c1-19(2,17(30)32-3-5-7(20)11(24)15(28)12(25)8(5)21)18(31)33-4-6-9(22)13(26)16(29)14(27)10(6)23/h3-4H2,1-2H3. The predicted octanol–water partition coefficient (Wildman–Crippen LogP) is 4.89. The fraction of sp³-hybridized carbons (Fsp3) is 0.263. The first-order valence-electron chi connectivity index (χ1n) is 8.49. The van der Waals surface area contributed by atoms with Crippen LogP contribution in [-0.4, -0.2) is 11.9 Å². The van der Waals surface area contributed by atoms with E-state index in [-0.39, 0.29) is 0 Å². The third-order valence-corrected chi connectivity index (χ3v) is 4.32. The zero-order valence-corrected chi connectivity index (χ0v) is 16.3. The van der Waals surface area contributed by atoms with E-state index in [1.165, 1.54) is 0 Å². The van der Waals surface area contributed by atoms with Crippen molar-refractivity contribution in [2.45, 2.75) is 27.1 Å². The van der Waals surface area contributed by atoms with E-state index in [9.17, 15) is 53.5 Å². The highest BCUT2D eigenvalue weighted by molar-refractivity contribution is 5.99. The Kier molecular flexibility index (Phi) is 7.29. The summed E-state index contributed by atoms with van der Waals surface area (Å²) in [5, 5.41) is 0. The molecule has 0 aliphatic rings. The second-order valence-electron chi connectivity index (χ2n) is 6.87. The summed E-state index contributed by atoms with van der Waals surface area (Å²) in [6, 6.07) is 0. The van der Waals surface area contributed by atoms with E-state index < -0.39 is 99.9 Å². The van der Waals surface area contributed by atoms with Crippen LogP contribution in [0.25, 0.3) is 0 Å². The van der Waals surface area contributed by atoms with E-state index in [1.807, 2.05) is 0 Å². The summed E-state index contributed by atoms with van der Waals surface area (Å²) in [5.74, 6) is -26.7. The molecule has 180 valence electrons. The first-order valence-corrected chi connectivity index (χ1v) is 8.49. The molecule has 0 spiro atoms. The Balaban J connectivity index is 2.16. The van der Waals surface area contributed by atoms with Crippen molar-refractivity contribution in [1.29, 1.82) is 0 Å². The molecule has 0 saturated heterocycles. The highest BCUT2D eigenvalue weighted by Crippen LogP contribution is 2.28. The number of ether oxygens (including phenoxy) is 2. The number of benzene rings is 2. The fourth-order valence-electron chi connectivity index (χ4n) is 2.27. The van der Waals surface area contributed by atoms with E-state index >= 15 is 0 Å². The first kappa shape index (κ1) is 25.9. The Hall–Kier alpha value is -3.32. The Morgan fingerprint density at radius 3 is 0.970 bits per heavy atom. The fourth-order valence-corrected chi connectivity index (χ4v) is 2.27. The van der Waals surface area contributed by atoms with Gasteiger partial charge < -0.3 is 9.47 Å². The average Bonchev–Trinajstić information content (AvgIpc) is 2.78. The molecule has 0 N–H and O–H groups in total. The molecule has 0 aliphatic carbocycles. The van der Waals surface area contributed by atoms with E-state index in [1.54, 1.807) is 0 Å². The molecule has 0 unspecified atom stereocenters. The van der Waals surface area contributed by atoms with Crippen LogP contribution in [0, 0.1) is 63.6 Å². The van der Waals surface area contributed by atoms with E-state index in [4.69, 9.17) is 0 Å². The molecule has 2 aromatic rings. The third kappa shape index (κ3) is 4.59. The van der Waals surface area contributed by atoms with Gasteiger partial charge in [0.1, 0.15) is 13.2 Å². The van der Waals surface area contributed by atoms with Crippen molar-refractivity contribution in [3.8, 4) is 0 Å². The molecule has 0 fully saturated rings. The average molecular weight is 492 g/mol. The van der Waals surface area contributed by atoms with Crippen molar-refractivity contribution in [3.05, 3.63) is 69.3 Å². The lowest BCUT2D eigenvalue weighted by molar-refractivity contribution is -0.171. The van der Waals surface area contributed by atoms with Crippen molar-refractivity contribution in [2.24, 2.45) is 5.41 Å². The SMILES string of the molecule is CC(C)(C(=O)OCc1c(F)c(F)c(F)c(F)c1F)C(=O)OCc1c(F)c(F)c(F)c(F)c1F. The first-order chi connectivity index (χ1) is 15.1. The molecule has 0 bridgehead atoms. The highest BCUT2D eigenvalue weighted by Gasteiger charge is 2.40. The van der Waals surface area contributed by atoms with Crippen LogP contribution in [0.1, 0.15) is 25.0 Å². The van der Waals surface area contributed by atoms with Gasteiger partial charge in [-0.2, -0.15) is 0 Å².